The van der Waals surface area contributed by atoms with E-state index in [1.807, 2.05) is 31.2 Å². The Morgan fingerprint density at radius 2 is 1.78 bits per heavy atom. The Labute approximate surface area is 185 Å². The Morgan fingerprint density at radius 1 is 1.03 bits per heavy atom. The summed E-state index contributed by atoms with van der Waals surface area (Å²) in [5, 5.41) is 7.14. The molecule has 32 heavy (non-hydrogen) atoms. The first kappa shape index (κ1) is 22.7. The minimum atomic E-state index is -0.525. The molecule has 0 radical (unpaired) electrons. The summed E-state index contributed by atoms with van der Waals surface area (Å²) in [6.45, 7) is 2.80. The third kappa shape index (κ3) is 5.81. The fraction of sp³-hybridized carbons (Fsp3) is 0.250. The van der Waals surface area contributed by atoms with Crippen LogP contribution in [0, 0.1) is 0 Å². The van der Waals surface area contributed by atoms with Gasteiger partial charge in [0.2, 0.25) is 5.91 Å². The van der Waals surface area contributed by atoms with Crippen molar-refractivity contribution in [1.29, 1.82) is 0 Å². The van der Waals surface area contributed by atoms with Gasteiger partial charge < -0.3 is 14.8 Å². The Hall–Kier alpha value is -3.94. The van der Waals surface area contributed by atoms with Crippen molar-refractivity contribution in [2.75, 3.05) is 19.0 Å². The normalized spacial score (nSPS) is 10.4. The molecule has 0 bridgehead atoms. The van der Waals surface area contributed by atoms with E-state index in [0.717, 1.165) is 11.3 Å². The number of para-hydroxylation sites is 1. The molecule has 1 heterocycles. The van der Waals surface area contributed by atoms with Gasteiger partial charge in [-0.3, -0.25) is 9.59 Å². The number of nitrogens with one attached hydrogen (secondary N) is 1. The largest absolute Gasteiger partial charge is 0.494 e. The molecule has 0 atom stereocenters. The van der Waals surface area contributed by atoms with E-state index in [1.54, 1.807) is 30.3 Å². The predicted molar refractivity (Wildman–Crippen MR) is 121 cm³/mol. The number of amides is 1. The molecule has 0 fully saturated rings. The maximum atomic E-state index is 12.3. The lowest BCUT2D eigenvalue weighted by atomic mass is 10.1. The van der Waals surface area contributed by atoms with Gasteiger partial charge in [0.1, 0.15) is 5.75 Å². The first-order valence-electron chi connectivity index (χ1n) is 10.3. The average Bonchev–Trinajstić information content (AvgIpc) is 2.81. The number of hydrogen-bond donors (Lipinski definition) is 1. The first-order chi connectivity index (χ1) is 15.5. The van der Waals surface area contributed by atoms with E-state index >= 15 is 0 Å². The van der Waals surface area contributed by atoms with Crippen LogP contribution in [0.1, 0.15) is 30.1 Å². The van der Waals surface area contributed by atoms with E-state index in [4.69, 9.17) is 9.47 Å². The highest BCUT2D eigenvalue weighted by Gasteiger charge is 2.13. The molecule has 1 N–H and O–H groups in total. The van der Waals surface area contributed by atoms with Crippen molar-refractivity contribution in [3.63, 3.8) is 0 Å². The molecule has 1 aromatic heterocycles. The van der Waals surface area contributed by atoms with Gasteiger partial charge >= 0.3 is 5.97 Å². The van der Waals surface area contributed by atoms with Gasteiger partial charge in [0.15, 0.2) is 0 Å². The molecule has 3 rings (SSSR count). The van der Waals surface area contributed by atoms with E-state index in [0.29, 0.717) is 24.4 Å². The summed E-state index contributed by atoms with van der Waals surface area (Å²) in [7, 11) is 1.28. The zero-order valence-corrected chi connectivity index (χ0v) is 18.0. The van der Waals surface area contributed by atoms with E-state index in [9.17, 15) is 14.4 Å². The minimum Gasteiger partial charge on any atom is -0.494 e. The number of anilines is 1. The Bertz CT molecular complexity index is 1140. The summed E-state index contributed by atoms with van der Waals surface area (Å²) in [5.74, 6) is -0.0239. The minimum absolute atomic E-state index is 0.164. The van der Waals surface area contributed by atoms with Crippen molar-refractivity contribution < 1.29 is 19.1 Å². The molecule has 0 saturated heterocycles. The van der Waals surface area contributed by atoms with Gasteiger partial charge in [0, 0.05) is 24.6 Å². The van der Waals surface area contributed by atoms with E-state index in [2.05, 4.69) is 10.4 Å². The zero-order chi connectivity index (χ0) is 22.9. The highest BCUT2D eigenvalue weighted by Crippen LogP contribution is 2.20. The van der Waals surface area contributed by atoms with Crippen LogP contribution in [0.5, 0.6) is 5.75 Å². The summed E-state index contributed by atoms with van der Waals surface area (Å²) < 4.78 is 11.5. The smallest absolute Gasteiger partial charge is 0.339 e. The van der Waals surface area contributed by atoms with Crippen LogP contribution in [0.2, 0.25) is 0 Å². The zero-order valence-electron chi connectivity index (χ0n) is 18.0. The number of carbonyl (C=O) groups is 2. The standard InChI is InChI=1S/C24H25N3O5/c1-3-32-18-12-10-17(11-13-18)20-14-15-23(29)27(26-20)16-6-9-22(28)25-21-8-5-4-7-19(21)24(30)31-2/h4-5,7-8,10-15H,3,6,9,16H2,1-2H3,(H,25,28). The molecule has 1 amide bonds. The lowest BCUT2D eigenvalue weighted by molar-refractivity contribution is -0.116. The fourth-order valence-corrected chi connectivity index (χ4v) is 3.13. The van der Waals surface area contributed by atoms with Crippen LogP contribution in [0.15, 0.2) is 65.5 Å². The quantitative estimate of drug-likeness (QED) is 0.517. The number of rotatable bonds is 9. The SMILES string of the molecule is CCOc1ccc(-c2ccc(=O)n(CCCC(=O)Nc3ccccc3C(=O)OC)n2)cc1. The van der Waals surface area contributed by atoms with Gasteiger partial charge in [-0.25, -0.2) is 9.48 Å². The fourth-order valence-electron chi connectivity index (χ4n) is 3.13. The summed E-state index contributed by atoms with van der Waals surface area (Å²) >= 11 is 0. The highest BCUT2D eigenvalue weighted by atomic mass is 16.5. The maximum Gasteiger partial charge on any atom is 0.339 e. The van der Waals surface area contributed by atoms with Crippen molar-refractivity contribution in [2.24, 2.45) is 0 Å². The van der Waals surface area contributed by atoms with Gasteiger partial charge in [-0.2, -0.15) is 5.10 Å². The lowest BCUT2D eigenvalue weighted by Crippen LogP contribution is -2.23. The van der Waals surface area contributed by atoms with Gasteiger partial charge in [0.25, 0.3) is 5.56 Å². The molecule has 3 aromatic rings. The number of aryl methyl sites for hydroxylation is 1. The van der Waals surface area contributed by atoms with Crippen molar-refractivity contribution in [3.05, 3.63) is 76.6 Å². The van der Waals surface area contributed by atoms with Crippen LogP contribution in [0.25, 0.3) is 11.3 Å². The van der Waals surface area contributed by atoms with Gasteiger partial charge in [0.05, 0.1) is 30.7 Å². The monoisotopic (exact) mass is 435 g/mol. The highest BCUT2D eigenvalue weighted by molar-refractivity contribution is 6.01. The molecule has 0 aliphatic carbocycles. The number of benzene rings is 2. The molecule has 0 unspecified atom stereocenters. The number of carbonyl (C=O) groups excluding carboxylic acids is 2. The number of esters is 1. The maximum absolute atomic E-state index is 12.3. The summed E-state index contributed by atoms with van der Waals surface area (Å²) in [4.78, 5) is 36.4. The Balaban J connectivity index is 1.61. The first-order valence-corrected chi connectivity index (χ1v) is 10.3. The van der Waals surface area contributed by atoms with Crippen molar-refractivity contribution in [3.8, 4) is 17.0 Å². The molecule has 0 aliphatic heterocycles. The van der Waals surface area contributed by atoms with Crippen molar-refractivity contribution >= 4 is 17.6 Å². The molecule has 0 saturated carbocycles. The summed E-state index contributed by atoms with van der Waals surface area (Å²) in [5.41, 5.74) is 1.95. The van der Waals surface area contributed by atoms with Crippen LogP contribution in [-0.4, -0.2) is 35.4 Å². The van der Waals surface area contributed by atoms with Crippen LogP contribution < -0.4 is 15.6 Å². The van der Waals surface area contributed by atoms with Crippen LogP contribution in [0.4, 0.5) is 5.69 Å². The average molecular weight is 435 g/mol. The molecule has 8 nitrogen and oxygen atoms in total. The van der Waals surface area contributed by atoms with E-state index in [1.165, 1.54) is 17.9 Å². The van der Waals surface area contributed by atoms with Crippen LogP contribution in [0.3, 0.4) is 0 Å². The number of ether oxygens (including phenoxy) is 2. The Kier molecular flexibility index (Phi) is 7.75. The second kappa shape index (κ2) is 10.9. The molecular weight excluding hydrogens is 410 g/mol. The number of nitrogens with zero attached hydrogens (tertiary/aromatic N) is 2. The van der Waals surface area contributed by atoms with Gasteiger partial charge in [-0.1, -0.05) is 12.1 Å². The molecule has 166 valence electrons. The second-order valence-corrected chi connectivity index (χ2v) is 6.93. The number of methoxy groups -OCH3 is 1. The van der Waals surface area contributed by atoms with Gasteiger partial charge in [-0.15, -0.1) is 0 Å². The van der Waals surface area contributed by atoms with Crippen LogP contribution in [-0.2, 0) is 16.1 Å². The molecule has 8 heteroatoms. The molecule has 0 spiro atoms. The number of aromatic nitrogens is 2. The molecule has 0 aliphatic rings. The second-order valence-electron chi connectivity index (χ2n) is 6.93. The number of hydrogen-bond acceptors (Lipinski definition) is 6. The topological polar surface area (TPSA) is 99.5 Å². The third-order valence-electron chi connectivity index (χ3n) is 4.71. The Morgan fingerprint density at radius 3 is 2.50 bits per heavy atom. The summed E-state index contributed by atoms with van der Waals surface area (Å²) in [6, 6.07) is 17.2. The van der Waals surface area contributed by atoms with E-state index < -0.39 is 5.97 Å². The van der Waals surface area contributed by atoms with Crippen molar-refractivity contribution in [1.82, 2.24) is 9.78 Å². The predicted octanol–water partition coefficient (Wildman–Crippen LogP) is 3.51. The molecule has 2 aromatic carbocycles. The van der Waals surface area contributed by atoms with Crippen molar-refractivity contribution in [2.45, 2.75) is 26.3 Å². The lowest BCUT2D eigenvalue weighted by Gasteiger charge is -2.10. The van der Waals surface area contributed by atoms with E-state index in [-0.39, 0.29) is 30.0 Å². The summed E-state index contributed by atoms with van der Waals surface area (Å²) in [6.07, 6.45) is 0.572. The van der Waals surface area contributed by atoms with Crippen LogP contribution >= 0.6 is 0 Å². The molecular formula is C24H25N3O5. The van der Waals surface area contributed by atoms with Gasteiger partial charge in [-0.05, 0) is 55.8 Å². The third-order valence-corrected chi connectivity index (χ3v) is 4.71.